The zero-order valence-corrected chi connectivity index (χ0v) is 18.2. The van der Waals surface area contributed by atoms with Crippen molar-refractivity contribution in [3.63, 3.8) is 0 Å². The van der Waals surface area contributed by atoms with Gasteiger partial charge in [0.15, 0.2) is 5.03 Å². The lowest BCUT2D eigenvalue weighted by atomic mass is 10.0. The molecule has 2 atom stereocenters. The number of methoxy groups -OCH3 is 1. The molecule has 3 aromatic rings. The second-order valence-electron chi connectivity index (χ2n) is 6.75. The maximum atomic E-state index is 14.0. The summed E-state index contributed by atoms with van der Waals surface area (Å²) in [6, 6.07) is 4.42. The Labute approximate surface area is 177 Å². The number of pyridine rings is 1. The second-order valence-corrected chi connectivity index (χ2v) is 9.23. The van der Waals surface area contributed by atoms with E-state index in [0.717, 1.165) is 6.07 Å². The van der Waals surface area contributed by atoms with Crippen molar-refractivity contribution < 1.29 is 17.7 Å². The number of hydrogen-bond donors (Lipinski definition) is 3. The van der Waals surface area contributed by atoms with E-state index in [1.165, 1.54) is 38.5 Å². The fourth-order valence-corrected chi connectivity index (χ4v) is 4.07. The summed E-state index contributed by atoms with van der Waals surface area (Å²) in [6.45, 7) is 3.17. The molecule has 1 unspecified atom stereocenters. The standard InChI is InChI=1S/C19H20ClF2N5O2S/c1-9-13(21)5-6-16(24-9)26-17(11-7-12(20)14(22)8-15(11)29-3)18-25-10(2)19(27-18)30(4,23)28/h5-8,17,23H,1-4H3,(H,24,26)(H,25,27)/t17?,30-/m0/s1. The van der Waals surface area contributed by atoms with E-state index in [2.05, 4.69) is 20.3 Å². The highest BCUT2D eigenvalue weighted by atomic mass is 35.5. The van der Waals surface area contributed by atoms with Crippen LogP contribution in [0.4, 0.5) is 14.6 Å². The molecule has 3 rings (SSSR count). The Hall–Kier alpha value is -2.72. The molecule has 0 radical (unpaired) electrons. The van der Waals surface area contributed by atoms with Crippen molar-refractivity contribution >= 4 is 27.1 Å². The van der Waals surface area contributed by atoms with Gasteiger partial charge in [-0.25, -0.2) is 27.7 Å². The number of aryl methyl sites for hydroxylation is 2. The van der Waals surface area contributed by atoms with Gasteiger partial charge in [0, 0.05) is 23.6 Å². The van der Waals surface area contributed by atoms with Crippen molar-refractivity contribution in [2.45, 2.75) is 24.9 Å². The summed E-state index contributed by atoms with van der Waals surface area (Å²) in [6.07, 6.45) is 1.27. The number of ether oxygens (including phenoxy) is 1. The molecule has 0 bridgehead atoms. The van der Waals surface area contributed by atoms with E-state index in [-0.39, 0.29) is 27.3 Å². The normalized spacial score (nSPS) is 14.2. The van der Waals surface area contributed by atoms with Crippen LogP contribution in [-0.4, -0.2) is 32.5 Å². The largest absolute Gasteiger partial charge is 0.496 e. The summed E-state index contributed by atoms with van der Waals surface area (Å²) >= 11 is 6.00. The third kappa shape index (κ3) is 4.39. The third-order valence-corrected chi connectivity index (χ3v) is 5.82. The maximum Gasteiger partial charge on any atom is 0.156 e. The molecule has 0 fully saturated rings. The highest BCUT2D eigenvalue weighted by Crippen LogP contribution is 2.35. The number of rotatable bonds is 6. The smallest absolute Gasteiger partial charge is 0.156 e. The molecular formula is C19H20ClF2N5O2S. The molecule has 0 saturated heterocycles. The molecule has 0 aliphatic rings. The lowest BCUT2D eigenvalue weighted by Gasteiger charge is -2.21. The van der Waals surface area contributed by atoms with Crippen LogP contribution in [-0.2, 0) is 9.73 Å². The zero-order valence-electron chi connectivity index (χ0n) is 16.6. The van der Waals surface area contributed by atoms with Gasteiger partial charge in [-0.1, -0.05) is 11.6 Å². The lowest BCUT2D eigenvalue weighted by Crippen LogP contribution is -2.17. The first-order chi connectivity index (χ1) is 14.0. The number of H-pyrrole nitrogens is 1. The van der Waals surface area contributed by atoms with Gasteiger partial charge in [0.25, 0.3) is 0 Å². The van der Waals surface area contributed by atoms with Crippen LogP contribution in [0.5, 0.6) is 5.75 Å². The zero-order chi connectivity index (χ0) is 22.2. The Morgan fingerprint density at radius 2 is 1.93 bits per heavy atom. The summed E-state index contributed by atoms with van der Waals surface area (Å²) in [5.74, 6) is -0.331. The molecule has 0 aliphatic carbocycles. The van der Waals surface area contributed by atoms with E-state index in [0.29, 0.717) is 17.1 Å². The SMILES string of the molecule is COc1cc(F)c(Cl)cc1C(Nc1ccc(F)c(C)n1)c1nc([S@@](C)(=N)=O)c(C)[nH]1. The fraction of sp³-hybridized carbons (Fsp3) is 0.263. The molecule has 30 heavy (non-hydrogen) atoms. The Bertz CT molecular complexity index is 1210. The molecule has 0 saturated carbocycles. The number of aromatic nitrogens is 3. The molecule has 1 aromatic carbocycles. The van der Waals surface area contributed by atoms with Gasteiger partial charge in [0.05, 0.1) is 27.6 Å². The van der Waals surface area contributed by atoms with E-state index < -0.39 is 27.4 Å². The number of imidazole rings is 1. The fourth-order valence-electron chi connectivity index (χ4n) is 2.99. The summed E-state index contributed by atoms with van der Waals surface area (Å²) in [4.78, 5) is 11.5. The van der Waals surface area contributed by atoms with Crippen molar-refractivity contribution in [3.8, 4) is 5.75 Å². The van der Waals surface area contributed by atoms with Gasteiger partial charge in [-0.05, 0) is 32.0 Å². The van der Waals surface area contributed by atoms with Gasteiger partial charge >= 0.3 is 0 Å². The predicted octanol–water partition coefficient (Wildman–Crippen LogP) is 4.60. The molecule has 7 nitrogen and oxygen atoms in total. The number of halogens is 3. The Morgan fingerprint density at radius 1 is 1.23 bits per heavy atom. The predicted molar refractivity (Wildman–Crippen MR) is 111 cm³/mol. The van der Waals surface area contributed by atoms with Crippen molar-refractivity contribution in [3.05, 3.63) is 63.7 Å². The van der Waals surface area contributed by atoms with Gasteiger partial charge in [-0.15, -0.1) is 0 Å². The number of aromatic amines is 1. The monoisotopic (exact) mass is 455 g/mol. The number of hydrogen-bond acceptors (Lipinski definition) is 6. The molecule has 0 aliphatic heterocycles. The van der Waals surface area contributed by atoms with Crippen LogP contribution < -0.4 is 10.1 Å². The quantitative estimate of drug-likeness (QED) is 0.504. The van der Waals surface area contributed by atoms with Crippen molar-refractivity contribution in [2.24, 2.45) is 0 Å². The minimum atomic E-state index is -3.10. The van der Waals surface area contributed by atoms with E-state index in [1.807, 2.05) is 0 Å². The van der Waals surface area contributed by atoms with E-state index >= 15 is 0 Å². The summed E-state index contributed by atoms with van der Waals surface area (Å²) in [5.41, 5.74) is 1.05. The van der Waals surface area contributed by atoms with Gasteiger partial charge in [-0.3, -0.25) is 0 Å². The minimum Gasteiger partial charge on any atom is -0.496 e. The highest BCUT2D eigenvalue weighted by molar-refractivity contribution is 7.91. The van der Waals surface area contributed by atoms with Gasteiger partial charge in [0.2, 0.25) is 0 Å². The van der Waals surface area contributed by atoms with E-state index in [9.17, 15) is 13.0 Å². The highest BCUT2D eigenvalue weighted by Gasteiger charge is 2.26. The first-order valence-electron chi connectivity index (χ1n) is 8.74. The van der Waals surface area contributed by atoms with Crippen LogP contribution in [0.15, 0.2) is 29.3 Å². The summed E-state index contributed by atoms with van der Waals surface area (Å²) in [7, 11) is -1.72. The number of benzene rings is 1. The first-order valence-corrected chi connectivity index (χ1v) is 11.1. The molecule has 2 heterocycles. The Kier molecular flexibility index (Phi) is 6.00. The Morgan fingerprint density at radius 3 is 2.50 bits per heavy atom. The van der Waals surface area contributed by atoms with Crippen LogP contribution in [0.25, 0.3) is 0 Å². The average Bonchev–Trinajstić information content (AvgIpc) is 3.06. The van der Waals surface area contributed by atoms with Crippen LogP contribution in [0.1, 0.15) is 28.8 Å². The average molecular weight is 456 g/mol. The van der Waals surface area contributed by atoms with Crippen molar-refractivity contribution in [1.29, 1.82) is 4.78 Å². The lowest BCUT2D eigenvalue weighted by molar-refractivity contribution is 0.404. The third-order valence-electron chi connectivity index (χ3n) is 4.40. The topological polar surface area (TPSA) is 104 Å². The van der Waals surface area contributed by atoms with Crippen LogP contribution >= 0.6 is 11.6 Å². The van der Waals surface area contributed by atoms with Gasteiger partial charge in [-0.2, -0.15) is 0 Å². The van der Waals surface area contributed by atoms with Crippen molar-refractivity contribution in [2.75, 3.05) is 18.7 Å². The maximum absolute atomic E-state index is 14.0. The number of nitrogens with zero attached hydrogens (tertiary/aromatic N) is 2. The van der Waals surface area contributed by atoms with Crippen molar-refractivity contribution in [1.82, 2.24) is 15.0 Å². The van der Waals surface area contributed by atoms with Gasteiger partial charge in [0.1, 0.15) is 35.1 Å². The summed E-state index contributed by atoms with van der Waals surface area (Å²) < 4.78 is 53.1. The van der Waals surface area contributed by atoms with Gasteiger partial charge < -0.3 is 15.0 Å². The molecule has 3 N–H and O–H groups in total. The molecule has 0 amide bonds. The first kappa shape index (κ1) is 22.0. The number of anilines is 1. The van der Waals surface area contributed by atoms with Crippen LogP contribution in [0, 0.1) is 30.3 Å². The van der Waals surface area contributed by atoms with Crippen LogP contribution in [0.3, 0.4) is 0 Å². The molecular weight excluding hydrogens is 436 g/mol. The molecule has 11 heteroatoms. The Balaban J connectivity index is 2.19. The van der Waals surface area contributed by atoms with Crippen LogP contribution in [0.2, 0.25) is 5.02 Å². The second kappa shape index (κ2) is 8.19. The molecule has 2 aromatic heterocycles. The summed E-state index contributed by atoms with van der Waals surface area (Å²) in [5, 5.41) is 3.07. The molecule has 160 valence electrons. The minimum absolute atomic E-state index is 0.0970. The molecule has 0 spiro atoms. The van der Waals surface area contributed by atoms with E-state index in [4.69, 9.17) is 21.1 Å². The number of nitrogens with one attached hydrogen (secondary N) is 3. The van der Waals surface area contributed by atoms with E-state index in [1.54, 1.807) is 6.92 Å².